The molecule has 4 heteroatoms. The molecule has 0 atom stereocenters. The van der Waals surface area contributed by atoms with E-state index < -0.39 is 17.5 Å². The molecule has 0 aliphatic carbocycles. The number of ether oxygens (including phenoxy) is 1. The van der Waals surface area contributed by atoms with E-state index in [1.807, 2.05) is 67.6 Å². The second-order valence-corrected chi connectivity index (χ2v) is 6.58. The zero-order valence-electron chi connectivity index (χ0n) is 15.3. The van der Waals surface area contributed by atoms with E-state index in [0.29, 0.717) is 11.3 Å². The van der Waals surface area contributed by atoms with Gasteiger partial charge in [0, 0.05) is 17.5 Å². The molecule has 0 saturated carbocycles. The SMILES string of the molecule is Cc1cc(=O)oc2cc(OC(=O)C(c3ccccc3)c3ccccc3)ccc12. The van der Waals surface area contributed by atoms with Crippen molar-refractivity contribution < 1.29 is 13.9 Å². The first-order valence-electron chi connectivity index (χ1n) is 8.98. The molecule has 0 spiro atoms. The molecule has 0 radical (unpaired) electrons. The van der Waals surface area contributed by atoms with Crippen molar-refractivity contribution >= 4 is 16.9 Å². The van der Waals surface area contributed by atoms with Gasteiger partial charge in [-0.15, -0.1) is 0 Å². The van der Waals surface area contributed by atoms with Crippen LogP contribution in [0.5, 0.6) is 5.75 Å². The molecule has 4 rings (SSSR count). The van der Waals surface area contributed by atoms with E-state index in [4.69, 9.17) is 9.15 Å². The molecule has 28 heavy (non-hydrogen) atoms. The fraction of sp³-hybridized carbons (Fsp3) is 0.0833. The molecule has 0 saturated heterocycles. The normalized spacial score (nSPS) is 10.9. The number of esters is 1. The Morgan fingerprint density at radius 3 is 2.07 bits per heavy atom. The van der Waals surface area contributed by atoms with Gasteiger partial charge in [-0.25, -0.2) is 4.79 Å². The standard InChI is InChI=1S/C24H18O4/c1-16-14-22(25)28-21-15-19(12-13-20(16)21)27-24(26)23(17-8-4-2-5-9-17)18-10-6-3-7-11-18/h2-15,23H,1H3. The highest BCUT2D eigenvalue weighted by atomic mass is 16.5. The van der Waals surface area contributed by atoms with Gasteiger partial charge in [-0.1, -0.05) is 60.7 Å². The summed E-state index contributed by atoms with van der Waals surface area (Å²) in [5.74, 6) is -0.613. The van der Waals surface area contributed by atoms with Crippen molar-refractivity contribution in [3.05, 3.63) is 112 Å². The third-order valence-corrected chi connectivity index (χ3v) is 4.64. The van der Waals surface area contributed by atoms with Crippen LogP contribution in [0.4, 0.5) is 0 Å². The summed E-state index contributed by atoms with van der Waals surface area (Å²) in [5.41, 5.74) is 2.48. The molecule has 3 aromatic carbocycles. The lowest BCUT2D eigenvalue weighted by molar-refractivity contribution is -0.135. The van der Waals surface area contributed by atoms with Crippen LogP contribution >= 0.6 is 0 Å². The minimum absolute atomic E-state index is 0.336. The molecular formula is C24H18O4. The smallest absolute Gasteiger partial charge is 0.336 e. The van der Waals surface area contributed by atoms with E-state index in [9.17, 15) is 9.59 Å². The second-order valence-electron chi connectivity index (χ2n) is 6.58. The van der Waals surface area contributed by atoms with Crippen molar-refractivity contribution in [1.82, 2.24) is 0 Å². The van der Waals surface area contributed by atoms with Gasteiger partial charge in [0.2, 0.25) is 0 Å². The summed E-state index contributed by atoms with van der Waals surface area (Å²) in [6, 6.07) is 25.5. The van der Waals surface area contributed by atoms with Gasteiger partial charge in [-0.2, -0.15) is 0 Å². The van der Waals surface area contributed by atoms with Crippen LogP contribution in [0.2, 0.25) is 0 Å². The molecule has 1 aromatic heterocycles. The van der Waals surface area contributed by atoms with Crippen LogP contribution in [-0.2, 0) is 4.79 Å². The third kappa shape index (κ3) is 3.58. The molecule has 4 aromatic rings. The number of fused-ring (bicyclic) bond motifs is 1. The topological polar surface area (TPSA) is 56.5 Å². The van der Waals surface area contributed by atoms with Crippen molar-refractivity contribution in [2.75, 3.05) is 0 Å². The average molecular weight is 370 g/mol. The fourth-order valence-corrected chi connectivity index (χ4v) is 3.30. The third-order valence-electron chi connectivity index (χ3n) is 4.64. The van der Waals surface area contributed by atoms with E-state index in [1.54, 1.807) is 18.2 Å². The van der Waals surface area contributed by atoms with E-state index in [1.165, 1.54) is 6.07 Å². The van der Waals surface area contributed by atoms with Crippen LogP contribution < -0.4 is 10.4 Å². The second kappa shape index (κ2) is 7.53. The first-order valence-corrected chi connectivity index (χ1v) is 8.98. The maximum absolute atomic E-state index is 13.1. The van der Waals surface area contributed by atoms with Gasteiger partial charge in [0.25, 0.3) is 0 Å². The quantitative estimate of drug-likeness (QED) is 0.293. The van der Waals surface area contributed by atoms with Crippen molar-refractivity contribution in [3.8, 4) is 5.75 Å². The van der Waals surface area contributed by atoms with Crippen LogP contribution in [0, 0.1) is 6.92 Å². The number of benzene rings is 3. The highest BCUT2D eigenvalue weighted by molar-refractivity contribution is 5.86. The van der Waals surface area contributed by atoms with Gasteiger partial charge in [0.1, 0.15) is 17.3 Å². The first-order chi connectivity index (χ1) is 13.6. The largest absolute Gasteiger partial charge is 0.426 e. The zero-order chi connectivity index (χ0) is 19.5. The molecule has 0 bridgehead atoms. The minimum Gasteiger partial charge on any atom is -0.426 e. The fourth-order valence-electron chi connectivity index (χ4n) is 3.30. The molecule has 0 aliphatic heterocycles. The summed E-state index contributed by atoms with van der Waals surface area (Å²) in [4.78, 5) is 24.7. The molecule has 4 nitrogen and oxygen atoms in total. The monoisotopic (exact) mass is 370 g/mol. The Labute approximate surface area is 162 Å². The summed E-state index contributed by atoms with van der Waals surface area (Å²) >= 11 is 0. The molecule has 0 amide bonds. The van der Waals surface area contributed by atoms with Crippen molar-refractivity contribution in [1.29, 1.82) is 0 Å². The van der Waals surface area contributed by atoms with E-state index in [-0.39, 0.29) is 0 Å². The summed E-state index contributed by atoms with van der Waals surface area (Å²) < 4.78 is 10.9. The number of hydrogen-bond donors (Lipinski definition) is 0. The van der Waals surface area contributed by atoms with Crippen molar-refractivity contribution in [2.45, 2.75) is 12.8 Å². The summed E-state index contributed by atoms with van der Waals surface area (Å²) in [6.07, 6.45) is 0. The van der Waals surface area contributed by atoms with Gasteiger partial charge >= 0.3 is 11.6 Å². The van der Waals surface area contributed by atoms with Crippen molar-refractivity contribution in [2.24, 2.45) is 0 Å². The highest BCUT2D eigenvalue weighted by Gasteiger charge is 2.24. The summed E-state index contributed by atoms with van der Waals surface area (Å²) in [7, 11) is 0. The molecule has 0 fully saturated rings. The average Bonchev–Trinajstić information content (AvgIpc) is 2.69. The minimum atomic E-state index is -0.553. The van der Waals surface area contributed by atoms with E-state index >= 15 is 0 Å². The molecular weight excluding hydrogens is 352 g/mol. The molecule has 138 valence electrons. The number of carbonyl (C=O) groups excluding carboxylic acids is 1. The van der Waals surface area contributed by atoms with E-state index in [0.717, 1.165) is 22.1 Å². The Bertz CT molecular complexity index is 1140. The maximum atomic E-state index is 13.1. The summed E-state index contributed by atoms with van der Waals surface area (Å²) in [5, 5.41) is 0.807. The van der Waals surface area contributed by atoms with Gasteiger partial charge in [-0.3, -0.25) is 4.79 Å². The van der Waals surface area contributed by atoms with Gasteiger partial charge in [0.05, 0.1) is 0 Å². The van der Waals surface area contributed by atoms with Gasteiger partial charge in [-0.05, 0) is 35.7 Å². The van der Waals surface area contributed by atoms with Crippen molar-refractivity contribution in [3.63, 3.8) is 0 Å². The molecule has 0 aliphatic rings. The lowest BCUT2D eigenvalue weighted by Crippen LogP contribution is -2.20. The number of rotatable bonds is 4. The van der Waals surface area contributed by atoms with Crippen LogP contribution in [0.25, 0.3) is 11.0 Å². The van der Waals surface area contributed by atoms with E-state index in [2.05, 4.69) is 0 Å². The lowest BCUT2D eigenvalue weighted by atomic mass is 9.91. The van der Waals surface area contributed by atoms with Crippen LogP contribution in [0.3, 0.4) is 0 Å². The van der Waals surface area contributed by atoms with Crippen LogP contribution in [-0.4, -0.2) is 5.97 Å². The lowest BCUT2D eigenvalue weighted by Gasteiger charge is -2.17. The summed E-state index contributed by atoms with van der Waals surface area (Å²) in [6.45, 7) is 1.84. The Kier molecular flexibility index (Phi) is 4.77. The van der Waals surface area contributed by atoms with Gasteiger partial charge < -0.3 is 9.15 Å². The zero-order valence-corrected chi connectivity index (χ0v) is 15.3. The highest BCUT2D eigenvalue weighted by Crippen LogP contribution is 2.28. The molecule has 1 heterocycles. The number of hydrogen-bond acceptors (Lipinski definition) is 4. The van der Waals surface area contributed by atoms with Gasteiger partial charge in [0.15, 0.2) is 0 Å². The van der Waals surface area contributed by atoms with Crippen LogP contribution in [0.15, 0.2) is 94.1 Å². The molecule has 0 N–H and O–H groups in total. The predicted octanol–water partition coefficient (Wildman–Crippen LogP) is 4.84. The number of aryl methyl sites for hydroxylation is 1. The number of carbonyl (C=O) groups is 1. The first kappa shape index (κ1) is 17.7. The Balaban J connectivity index is 1.70. The maximum Gasteiger partial charge on any atom is 0.336 e. The Morgan fingerprint density at radius 1 is 0.857 bits per heavy atom. The van der Waals surface area contributed by atoms with Crippen LogP contribution in [0.1, 0.15) is 22.6 Å². The molecule has 0 unspecified atom stereocenters. The predicted molar refractivity (Wildman–Crippen MR) is 108 cm³/mol. The Morgan fingerprint density at radius 2 is 1.46 bits per heavy atom. The Hall–Kier alpha value is -3.66.